The van der Waals surface area contributed by atoms with Crippen molar-refractivity contribution in [1.29, 1.82) is 5.26 Å². The van der Waals surface area contributed by atoms with E-state index in [0.29, 0.717) is 5.92 Å². The minimum absolute atomic E-state index is 0.274. The zero-order chi connectivity index (χ0) is 22.2. The molecule has 0 radical (unpaired) electrons. The lowest BCUT2D eigenvalue weighted by atomic mass is 9.79. The summed E-state index contributed by atoms with van der Waals surface area (Å²) in [5.41, 5.74) is 8.17. The summed E-state index contributed by atoms with van der Waals surface area (Å²) in [6.45, 7) is 20.0. The van der Waals surface area contributed by atoms with Crippen molar-refractivity contribution in [2.75, 3.05) is 5.73 Å². The second-order valence-corrected chi connectivity index (χ2v) is 5.50. The van der Waals surface area contributed by atoms with Crippen molar-refractivity contribution in [2.45, 2.75) is 66.7 Å². The molecule has 28 heavy (non-hydrogen) atoms. The molecule has 1 aliphatic carbocycles. The highest BCUT2D eigenvalue weighted by atomic mass is 15.0. The van der Waals surface area contributed by atoms with Gasteiger partial charge in [-0.2, -0.15) is 5.26 Å². The Morgan fingerprint density at radius 2 is 1.36 bits per heavy atom. The highest BCUT2D eigenvalue weighted by Crippen LogP contribution is 2.47. The quantitative estimate of drug-likeness (QED) is 0.592. The van der Waals surface area contributed by atoms with Crippen molar-refractivity contribution in [3.8, 4) is 17.2 Å². The first-order valence-electron chi connectivity index (χ1n) is 10.2. The van der Waals surface area contributed by atoms with Crippen LogP contribution in [0.5, 0.6) is 0 Å². The summed E-state index contributed by atoms with van der Waals surface area (Å²) in [4.78, 5) is 7.99. The fourth-order valence-corrected chi connectivity index (χ4v) is 2.55. The normalized spacial score (nSPS) is 13.1. The molecule has 1 heterocycles. The molecule has 4 heteroatoms. The van der Waals surface area contributed by atoms with Crippen LogP contribution in [0, 0.1) is 17.2 Å². The maximum atomic E-state index is 9.48. The standard InChI is InChI=1S/C16H16N4.3C2H6.C2H4/c1-16(10-17,14-6-7-14)13-4-2-11(3-5-13)12-8-19-15(18)20-9-12;4*1-2/h2-5,8-9,14H,6-7H2,1H3,(H2,18,19,20);3*1-2H3;1-2H2/t16-;;;;/m0..../s1. The zero-order valence-electron chi connectivity index (χ0n) is 18.8. The lowest BCUT2D eigenvalue weighted by molar-refractivity contribution is 0.529. The summed E-state index contributed by atoms with van der Waals surface area (Å²) in [7, 11) is 0. The van der Waals surface area contributed by atoms with Crippen LogP contribution >= 0.6 is 0 Å². The van der Waals surface area contributed by atoms with Crippen LogP contribution in [0.1, 0.15) is 66.9 Å². The van der Waals surface area contributed by atoms with Crippen LogP contribution in [-0.4, -0.2) is 9.97 Å². The summed E-state index contributed by atoms with van der Waals surface area (Å²) >= 11 is 0. The molecule has 0 unspecified atom stereocenters. The Hall–Kier alpha value is -2.67. The fraction of sp³-hybridized carbons (Fsp3) is 0.458. The molecule has 0 bridgehead atoms. The highest BCUT2D eigenvalue weighted by Gasteiger charge is 2.43. The number of nitrogen functional groups attached to an aromatic ring is 1. The largest absolute Gasteiger partial charge is 0.368 e. The third kappa shape index (κ3) is 7.52. The van der Waals surface area contributed by atoms with Gasteiger partial charge in [0.15, 0.2) is 0 Å². The van der Waals surface area contributed by atoms with Gasteiger partial charge in [-0.05, 0) is 36.8 Å². The first kappa shape index (κ1) is 27.5. The molecule has 1 saturated carbocycles. The summed E-state index contributed by atoms with van der Waals surface area (Å²) in [5.74, 6) is 0.773. The Morgan fingerprint density at radius 1 is 0.929 bits per heavy atom. The Balaban J connectivity index is 0. The van der Waals surface area contributed by atoms with E-state index in [9.17, 15) is 5.26 Å². The van der Waals surface area contributed by atoms with Crippen LogP contribution in [0.2, 0.25) is 0 Å². The van der Waals surface area contributed by atoms with Gasteiger partial charge in [-0.1, -0.05) is 65.8 Å². The molecule has 4 nitrogen and oxygen atoms in total. The maximum absolute atomic E-state index is 9.48. The second kappa shape index (κ2) is 15.4. The van der Waals surface area contributed by atoms with E-state index in [1.165, 1.54) is 0 Å². The average molecular weight is 383 g/mol. The third-order valence-electron chi connectivity index (χ3n) is 4.12. The molecule has 1 aliphatic rings. The summed E-state index contributed by atoms with van der Waals surface area (Å²) in [6, 6.07) is 10.6. The number of aromatic nitrogens is 2. The van der Waals surface area contributed by atoms with Crippen LogP contribution < -0.4 is 5.73 Å². The first-order valence-corrected chi connectivity index (χ1v) is 10.2. The van der Waals surface area contributed by atoms with Gasteiger partial charge in [-0.15, -0.1) is 13.2 Å². The minimum Gasteiger partial charge on any atom is -0.368 e. The molecule has 0 aliphatic heterocycles. The number of hydrogen-bond donors (Lipinski definition) is 1. The van der Waals surface area contributed by atoms with E-state index >= 15 is 0 Å². The predicted molar refractivity (Wildman–Crippen MR) is 123 cm³/mol. The molecular formula is C24H38N4. The average Bonchev–Trinajstić information content (AvgIpc) is 3.65. The van der Waals surface area contributed by atoms with Gasteiger partial charge in [0, 0.05) is 18.0 Å². The number of nitrogens with two attached hydrogens (primary N) is 1. The van der Waals surface area contributed by atoms with E-state index in [2.05, 4.69) is 29.2 Å². The van der Waals surface area contributed by atoms with Crippen molar-refractivity contribution in [1.82, 2.24) is 9.97 Å². The molecule has 0 amide bonds. The Labute approximate surface area is 172 Å². The molecule has 154 valence electrons. The lowest BCUT2D eigenvalue weighted by Gasteiger charge is -2.21. The first-order chi connectivity index (χ1) is 13.6. The molecule has 1 aromatic carbocycles. The van der Waals surface area contributed by atoms with Gasteiger partial charge in [-0.3, -0.25) is 0 Å². The smallest absolute Gasteiger partial charge is 0.219 e. The highest BCUT2D eigenvalue weighted by molar-refractivity contribution is 5.62. The van der Waals surface area contributed by atoms with Crippen LogP contribution in [0.3, 0.4) is 0 Å². The number of nitrogens with zero attached hydrogens (tertiary/aromatic N) is 3. The zero-order valence-corrected chi connectivity index (χ0v) is 18.8. The second-order valence-electron chi connectivity index (χ2n) is 5.50. The number of hydrogen-bond acceptors (Lipinski definition) is 4. The van der Waals surface area contributed by atoms with Crippen molar-refractivity contribution >= 4 is 5.95 Å². The van der Waals surface area contributed by atoms with Gasteiger partial charge in [-0.25, -0.2) is 9.97 Å². The molecule has 1 fully saturated rings. The predicted octanol–water partition coefficient (Wildman–Crippen LogP) is 6.80. The van der Waals surface area contributed by atoms with Gasteiger partial charge >= 0.3 is 0 Å². The molecular weight excluding hydrogens is 344 g/mol. The van der Waals surface area contributed by atoms with Crippen molar-refractivity contribution in [3.63, 3.8) is 0 Å². The molecule has 2 aromatic rings. The minimum atomic E-state index is -0.365. The number of nitriles is 1. The number of rotatable bonds is 3. The van der Waals surface area contributed by atoms with Crippen molar-refractivity contribution in [2.24, 2.45) is 5.92 Å². The van der Waals surface area contributed by atoms with Gasteiger partial charge in [0.25, 0.3) is 0 Å². The summed E-state index contributed by atoms with van der Waals surface area (Å²) in [5, 5.41) is 9.48. The van der Waals surface area contributed by atoms with Crippen molar-refractivity contribution in [3.05, 3.63) is 55.4 Å². The number of benzene rings is 1. The number of anilines is 1. The molecule has 1 aromatic heterocycles. The molecule has 0 saturated heterocycles. The molecule has 1 atom stereocenters. The SMILES string of the molecule is C=C.CC.CC.CC.C[C@](C#N)(c1ccc(-c2cnc(N)nc2)cc1)C1CC1. The third-order valence-corrected chi connectivity index (χ3v) is 4.12. The van der Waals surface area contributed by atoms with Crippen LogP contribution in [0.15, 0.2) is 49.8 Å². The van der Waals surface area contributed by atoms with Gasteiger partial charge < -0.3 is 5.73 Å². The Kier molecular flexibility index (Phi) is 15.1. The topological polar surface area (TPSA) is 75.6 Å². The summed E-state index contributed by atoms with van der Waals surface area (Å²) in [6.07, 6.45) is 5.72. The Bertz CT molecular complexity index is 667. The van der Waals surface area contributed by atoms with Crippen LogP contribution in [0.25, 0.3) is 11.1 Å². The van der Waals surface area contributed by atoms with E-state index in [4.69, 9.17) is 5.73 Å². The Morgan fingerprint density at radius 3 is 1.71 bits per heavy atom. The lowest BCUT2D eigenvalue weighted by Crippen LogP contribution is -2.22. The van der Waals surface area contributed by atoms with E-state index in [1.54, 1.807) is 12.4 Å². The van der Waals surface area contributed by atoms with Gasteiger partial charge in [0.2, 0.25) is 5.95 Å². The van der Waals surface area contributed by atoms with Crippen LogP contribution in [0.4, 0.5) is 5.95 Å². The monoisotopic (exact) mass is 382 g/mol. The van der Waals surface area contributed by atoms with E-state index in [-0.39, 0.29) is 11.4 Å². The van der Waals surface area contributed by atoms with E-state index in [1.807, 2.05) is 72.7 Å². The van der Waals surface area contributed by atoms with Crippen LogP contribution in [-0.2, 0) is 5.41 Å². The maximum Gasteiger partial charge on any atom is 0.219 e. The van der Waals surface area contributed by atoms with E-state index in [0.717, 1.165) is 29.5 Å². The van der Waals surface area contributed by atoms with Gasteiger partial charge in [0.1, 0.15) is 0 Å². The van der Waals surface area contributed by atoms with E-state index < -0.39 is 0 Å². The molecule has 3 rings (SSSR count). The van der Waals surface area contributed by atoms with Crippen molar-refractivity contribution < 1.29 is 0 Å². The van der Waals surface area contributed by atoms with Gasteiger partial charge in [0.05, 0.1) is 11.5 Å². The fourth-order valence-electron chi connectivity index (χ4n) is 2.55. The summed E-state index contributed by atoms with van der Waals surface area (Å²) < 4.78 is 0. The molecule has 2 N–H and O–H groups in total. The molecule has 0 spiro atoms.